The van der Waals surface area contributed by atoms with Crippen molar-refractivity contribution < 1.29 is 4.79 Å². The predicted molar refractivity (Wildman–Crippen MR) is 80.6 cm³/mol. The molecule has 6 heteroatoms. The number of pyridine rings is 1. The van der Waals surface area contributed by atoms with E-state index in [1.54, 1.807) is 43.6 Å². The lowest BCUT2D eigenvalue weighted by Gasteiger charge is -2.08. The van der Waals surface area contributed by atoms with E-state index in [9.17, 15) is 4.79 Å². The van der Waals surface area contributed by atoms with Gasteiger partial charge < -0.3 is 10.6 Å². The molecule has 0 bridgehead atoms. The zero-order valence-electron chi connectivity index (χ0n) is 10.6. The SMILES string of the molecule is CNc1ccnc(C(=O)Nc2ccc(Br)cc2C#N)c1. The minimum atomic E-state index is -0.360. The number of rotatable bonds is 3. The highest BCUT2D eigenvalue weighted by Crippen LogP contribution is 2.21. The number of carbonyl (C=O) groups excluding carboxylic acids is 1. The normalized spacial score (nSPS) is 9.65. The second-order valence-corrected chi connectivity index (χ2v) is 4.85. The fourth-order valence-electron chi connectivity index (χ4n) is 1.61. The Morgan fingerprint density at radius 3 is 2.85 bits per heavy atom. The van der Waals surface area contributed by atoms with Crippen LogP contribution in [-0.2, 0) is 0 Å². The van der Waals surface area contributed by atoms with Gasteiger partial charge in [-0.2, -0.15) is 5.26 Å². The van der Waals surface area contributed by atoms with Gasteiger partial charge in [0.2, 0.25) is 0 Å². The van der Waals surface area contributed by atoms with Crippen LogP contribution in [-0.4, -0.2) is 17.9 Å². The number of nitriles is 1. The fraction of sp³-hybridized carbons (Fsp3) is 0.0714. The highest BCUT2D eigenvalue weighted by Gasteiger charge is 2.11. The van der Waals surface area contributed by atoms with E-state index in [2.05, 4.69) is 31.5 Å². The van der Waals surface area contributed by atoms with E-state index in [1.807, 2.05) is 6.07 Å². The van der Waals surface area contributed by atoms with Gasteiger partial charge in [0.15, 0.2) is 0 Å². The molecule has 2 aromatic rings. The van der Waals surface area contributed by atoms with Crippen LogP contribution >= 0.6 is 15.9 Å². The van der Waals surface area contributed by atoms with Gasteiger partial charge in [-0.1, -0.05) is 15.9 Å². The number of anilines is 2. The Labute approximate surface area is 124 Å². The Bertz CT molecular complexity index is 694. The van der Waals surface area contributed by atoms with E-state index in [-0.39, 0.29) is 11.6 Å². The van der Waals surface area contributed by atoms with Crippen molar-refractivity contribution in [1.29, 1.82) is 5.26 Å². The molecule has 0 fully saturated rings. The molecule has 1 aromatic carbocycles. The van der Waals surface area contributed by atoms with Crippen LogP contribution in [0.5, 0.6) is 0 Å². The van der Waals surface area contributed by atoms with Crippen LogP contribution in [0.2, 0.25) is 0 Å². The van der Waals surface area contributed by atoms with Crippen molar-refractivity contribution in [2.75, 3.05) is 17.7 Å². The molecule has 0 saturated heterocycles. The largest absolute Gasteiger partial charge is 0.388 e. The smallest absolute Gasteiger partial charge is 0.274 e. The van der Waals surface area contributed by atoms with Gasteiger partial charge in [0.25, 0.3) is 5.91 Å². The van der Waals surface area contributed by atoms with E-state index >= 15 is 0 Å². The topological polar surface area (TPSA) is 77.8 Å². The number of nitrogens with zero attached hydrogens (tertiary/aromatic N) is 2. The van der Waals surface area contributed by atoms with Gasteiger partial charge >= 0.3 is 0 Å². The number of benzene rings is 1. The molecule has 0 aliphatic rings. The molecule has 0 spiro atoms. The summed E-state index contributed by atoms with van der Waals surface area (Å²) in [4.78, 5) is 16.1. The lowest BCUT2D eigenvalue weighted by Crippen LogP contribution is -2.14. The third-order valence-corrected chi connectivity index (χ3v) is 3.12. The lowest BCUT2D eigenvalue weighted by atomic mass is 10.2. The highest BCUT2D eigenvalue weighted by atomic mass is 79.9. The summed E-state index contributed by atoms with van der Waals surface area (Å²) in [6.07, 6.45) is 1.55. The summed E-state index contributed by atoms with van der Waals surface area (Å²) in [5, 5.41) is 14.7. The number of carbonyl (C=O) groups is 1. The second kappa shape index (κ2) is 6.17. The number of nitrogens with one attached hydrogen (secondary N) is 2. The van der Waals surface area contributed by atoms with Gasteiger partial charge in [-0.15, -0.1) is 0 Å². The molecule has 0 aliphatic heterocycles. The molecule has 0 radical (unpaired) electrons. The first-order valence-electron chi connectivity index (χ1n) is 5.79. The number of hydrogen-bond donors (Lipinski definition) is 2. The van der Waals surface area contributed by atoms with E-state index in [1.165, 1.54) is 0 Å². The first-order valence-corrected chi connectivity index (χ1v) is 6.58. The maximum Gasteiger partial charge on any atom is 0.274 e. The zero-order chi connectivity index (χ0) is 14.5. The average molecular weight is 331 g/mol. The van der Waals surface area contributed by atoms with Crippen molar-refractivity contribution in [1.82, 2.24) is 4.98 Å². The van der Waals surface area contributed by atoms with Crippen LogP contribution in [0.4, 0.5) is 11.4 Å². The van der Waals surface area contributed by atoms with Crippen molar-refractivity contribution in [3.8, 4) is 6.07 Å². The average Bonchev–Trinajstić information content (AvgIpc) is 2.49. The van der Waals surface area contributed by atoms with Gasteiger partial charge in [0, 0.05) is 23.4 Å². The Hall–Kier alpha value is -2.39. The first-order chi connectivity index (χ1) is 9.63. The molecule has 0 atom stereocenters. The molecule has 1 heterocycles. The minimum absolute atomic E-state index is 0.281. The van der Waals surface area contributed by atoms with Gasteiger partial charge in [-0.05, 0) is 30.3 Å². The van der Waals surface area contributed by atoms with Crippen LogP contribution in [0.3, 0.4) is 0 Å². The van der Waals surface area contributed by atoms with Crippen LogP contribution in [0, 0.1) is 11.3 Å². The molecule has 2 rings (SSSR count). The van der Waals surface area contributed by atoms with Gasteiger partial charge in [-0.3, -0.25) is 9.78 Å². The molecule has 2 N–H and O–H groups in total. The monoisotopic (exact) mass is 330 g/mol. The molecule has 0 aliphatic carbocycles. The predicted octanol–water partition coefficient (Wildman–Crippen LogP) is 3.01. The molecular formula is C14H11BrN4O. The molecule has 1 aromatic heterocycles. The summed E-state index contributed by atoms with van der Waals surface area (Å²) in [6, 6.07) is 10.5. The molecular weight excluding hydrogens is 320 g/mol. The summed E-state index contributed by atoms with van der Waals surface area (Å²) in [7, 11) is 1.76. The Kier molecular flexibility index (Phi) is 4.33. The summed E-state index contributed by atoms with van der Waals surface area (Å²) >= 11 is 3.28. The summed E-state index contributed by atoms with van der Waals surface area (Å²) in [6.45, 7) is 0. The van der Waals surface area contributed by atoms with Gasteiger partial charge in [0.1, 0.15) is 11.8 Å². The number of aromatic nitrogens is 1. The third-order valence-electron chi connectivity index (χ3n) is 2.63. The Balaban J connectivity index is 2.26. The van der Waals surface area contributed by atoms with Crippen molar-refractivity contribution in [2.45, 2.75) is 0 Å². The van der Waals surface area contributed by atoms with Crippen LogP contribution in [0.15, 0.2) is 41.0 Å². The molecule has 5 nitrogen and oxygen atoms in total. The van der Waals surface area contributed by atoms with Crippen molar-refractivity contribution in [2.24, 2.45) is 0 Å². The Morgan fingerprint density at radius 1 is 1.35 bits per heavy atom. The summed E-state index contributed by atoms with van der Waals surface area (Å²) in [5.41, 5.74) is 1.92. The van der Waals surface area contributed by atoms with Crippen molar-refractivity contribution in [3.63, 3.8) is 0 Å². The fourth-order valence-corrected chi connectivity index (χ4v) is 1.98. The van der Waals surface area contributed by atoms with Crippen molar-refractivity contribution >= 4 is 33.2 Å². The minimum Gasteiger partial charge on any atom is -0.388 e. The number of amides is 1. The van der Waals surface area contributed by atoms with E-state index < -0.39 is 0 Å². The standard InChI is InChI=1S/C14H11BrN4O/c1-17-11-4-5-18-13(7-11)14(20)19-12-3-2-10(15)6-9(12)8-16/h2-7H,1H3,(H,17,18)(H,19,20). The molecule has 1 amide bonds. The molecule has 20 heavy (non-hydrogen) atoms. The molecule has 0 unspecified atom stereocenters. The van der Waals surface area contributed by atoms with E-state index in [0.717, 1.165) is 10.2 Å². The van der Waals surface area contributed by atoms with Gasteiger partial charge in [-0.25, -0.2) is 0 Å². The quantitative estimate of drug-likeness (QED) is 0.906. The van der Waals surface area contributed by atoms with Crippen LogP contribution < -0.4 is 10.6 Å². The first kappa shape index (κ1) is 14.0. The zero-order valence-corrected chi connectivity index (χ0v) is 12.2. The lowest BCUT2D eigenvalue weighted by molar-refractivity contribution is 0.102. The van der Waals surface area contributed by atoms with Gasteiger partial charge in [0.05, 0.1) is 11.3 Å². The van der Waals surface area contributed by atoms with Crippen LogP contribution in [0.25, 0.3) is 0 Å². The maximum atomic E-state index is 12.1. The van der Waals surface area contributed by atoms with E-state index in [4.69, 9.17) is 5.26 Å². The number of hydrogen-bond acceptors (Lipinski definition) is 4. The van der Waals surface area contributed by atoms with Crippen LogP contribution in [0.1, 0.15) is 16.1 Å². The Morgan fingerprint density at radius 2 is 2.15 bits per heavy atom. The second-order valence-electron chi connectivity index (χ2n) is 3.94. The molecule has 0 saturated carbocycles. The summed E-state index contributed by atoms with van der Waals surface area (Å²) < 4.78 is 0.780. The highest BCUT2D eigenvalue weighted by molar-refractivity contribution is 9.10. The van der Waals surface area contributed by atoms with Crippen molar-refractivity contribution in [3.05, 3.63) is 52.3 Å². The van der Waals surface area contributed by atoms with E-state index in [0.29, 0.717) is 11.3 Å². The number of halogens is 1. The maximum absolute atomic E-state index is 12.1. The summed E-state index contributed by atoms with van der Waals surface area (Å²) in [5.74, 6) is -0.360. The molecule has 100 valence electrons. The third kappa shape index (κ3) is 3.13.